The van der Waals surface area contributed by atoms with Gasteiger partial charge in [0.05, 0.1) is 5.56 Å². The fourth-order valence-corrected chi connectivity index (χ4v) is 2.41. The van der Waals surface area contributed by atoms with E-state index in [1.807, 2.05) is 30.0 Å². The quantitative estimate of drug-likeness (QED) is 0.756. The standard InChI is InChI=1S/C14H20N2O/c1-10-5-4-8-16(9-10)14(17)12-7-3-6-11(2)13(12)15/h3,6-7,10H,4-5,8-9,15H2,1-2H3. The number of anilines is 1. The summed E-state index contributed by atoms with van der Waals surface area (Å²) in [5.41, 5.74) is 8.22. The minimum absolute atomic E-state index is 0.0813. The van der Waals surface area contributed by atoms with Gasteiger partial charge in [-0.1, -0.05) is 19.1 Å². The Morgan fingerprint density at radius 2 is 2.24 bits per heavy atom. The Morgan fingerprint density at radius 1 is 1.47 bits per heavy atom. The van der Waals surface area contributed by atoms with E-state index in [0.717, 1.165) is 25.1 Å². The molecule has 1 amide bonds. The van der Waals surface area contributed by atoms with Gasteiger partial charge in [0.25, 0.3) is 5.91 Å². The van der Waals surface area contributed by atoms with Gasteiger partial charge in [0.1, 0.15) is 0 Å². The third kappa shape index (κ3) is 2.43. The first-order chi connectivity index (χ1) is 8.09. The van der Waals surface area contributed by atoms with Crippen LogP contribution in [0.3, 0.4) is 0 Å². The van der Waals surface area contributed by atoms with Gasteiger partial charge in [-0.3, -0.25) is 4.79 Å². The first kappa shape index (κ1) is 12.0. The van der Waals surface area contributed by atoms with Gasteiger partial charge in [-0.15, -0.1) is 0 Å². The summed E-state index contributed by atoms with van der Waals surface area (Å²) in [4.78, 5) is 14.3. The Kier molecular flexibility index (Phi) is 3.36. The summed E-state index contributed by atoms with van der Waals surface area (Å²) >= 11 is 0. The van der Waals surface area contributed by atoms with E-state index in [-0.39, 0.29) is 5.91 Å². The number of hydrogen-bond acceptors (Lipinski definition) is 2. The zero-order valence-corrected chi connectivity index (χ0v) is 10.6. The molecule has 1 fully saturated rings. The van der Waals surface area contributed by atoms with Crippen LogP contribution in [0.25, 0.3) is 0 Å². The molecule has 0 saturated carbocycles. The molecule has 92 valence electrons. The smallest absolute Gasteiger partial charge is 0.255 e. The molecule has 1 atom stereocenters. The summed E-state index contributed by atoms with van der Waals surface area (Å²) < 4.78 is 0. The maximum Gasteiger partial charge on any atom is 0.255 e. The molecule has 0 spiro atoms. The second kappa shape index (κ2) is 4.78. The van der Waals surface area contributed by atoms with E-state index in [1.54, 1.807) is 0 Å². The predicted octanol–water partition coefficient (Wildman–Crippen LogP) is 2.45. The summed E-state index contributed by atoms with van der Waals surface area (Å²) in [6, 6.07) is 5.65. The molecule has 0 bridgehead atoms. The number of para-hydroxylation sites is 1. The number of amides is 1. The molecular formula is C14H20N2O. The van der Waals surface area contributed by atoms with Gasteiger partial charge in [-0.25, -0.2) is 0 Å². The highest BCUT2D eigenvalue weighted by Crippen LogP contribution is 2.22. The molecule has 0 aromatic heterocycles. The lowest BCUT2D eigenvalue weighted by Crippen LogP contribution is -2.39. The largest absolute Gasteiger partial charge is 0.398 e. The third-order valence-corrected chi connectivity index (χ3v) is 3.50. The van der Waals surface area contributed by atoms with Gasteiger partial charge in [-0.05, 0) is 37.3 Å². The molecule has 1 aromatic rings. The number of carbonyl (C=O) groups excluding carboxylic acids is 1. The van der Waals surface area contributed by atoms with Crippen molar-refractivity contribution in [1.82, 2.24) is 4.90 Å². The number of nitrogen functional groups attached to an aromatic ring is 1. The Bertz CT molecular complexity index is 428. The maximum absolute atomic E-state index is 12.4. The van der Waals surface area contributed by atoms with Crippen LogP contribution in [0.1, 0.15) is 35.7 Å². The predicted molar refractivity (Wildman–Crippen MR) is 69.9 cm³/mol. The van der Waals surface area contributed by atoms with Crippen LogP contribution in [0.4, 0.5) is 5.69 Å². The maximum atomic E-state index is 12.4. The molecule has 1 saturated heterocycles. The summed E-state index contributed by atoms with van der Waals surface area (Å²) in [6.45, 7) is 5.84. The Hall–Kier alpha value is -1.51. The van der Waals surface area contributed by atoms with Crippen LogP contribution in [0.5, 0.6) is 0 Å². The summed E-state index contributed by atoms with van der Waals surface area (Å²) in [7, 11) is 0. The van der Waals surface area contributed by atoms with Crippen LogP contribution >= 0.6 is 0 Å². The zero-order chi connectivity index (χ0) is 12.4. The SMILES string of the molecule is Cc1cccc(C(=O)N2CCCC(C)C2)c1N. The molecule has 17 heavy (non-hydrogen) atoms. The number of benzene rings is 1. The molecule has 2 N–H and O–H groups in total. The number of likely N-dealkylation sites (tertiary alicyclic amines) is 1. The Morgan fingerprint density at radius 3 is 2.94 bits per heavy atom. The fourth-order valence-electron chi connectivity index (χ4n) is 2.41. The number of carbonyl (C=O) groups is 1. The van der Waals surface area contributed by atoms with Crippen LogP contribution in [0, 0.1) is 12.8 Å². The minimum Gasteiger partial charge on any atom is -0.398 e. The third-order valence-electron chi connectivity index (χ3n) is 3.50. The van der Waals surface area contributed by atoms with Gasteiger partial charge >= 0.3 is 0 Å². The molecule has 0 aliphatic carbocycles. The number of aryl methyl sites for hydroxylation is 1. The average molecular weight is 232 g/mol. The highest BCUT2D eigenvalue weighted by molar-refractivity contribution is 5.99. The molecule has 3 heteroatoms. The van der Waals surface area contributed by atoms with E-state index in [0.29, 0.717) is 17.2 Å². The van der Waals surface area contributed by atoms with Gasteiger partial charge in [0.15, 0.2) is 0 Å². The number of piperidine rings is 1. The lowest BCUT2D eigenvalue weighted by molar-refractivity contribution is 0.0684. The van der Waals surface area contributed by atoms with Crippen molar-refractivity contribution in [3.05, 3.63) is 29.3 Å². The van der Waals surface area contributed by atoms with Crippen molar-refractivity contribution >= 4 is 11.6 Å². The molecular weight excluding hydrogens is 212 g/mol. The first-order valence-corrected chi connectivity index (χ1v) is 6.24. The van der Waals surface area contributed by atoms with Crippen LogP contribution in [-0.4, -0.2) is 23.9 Å². The van der Waals surface area contributed by atoms with E-state index in [4.69, 9.17) is 5.73 Å². The van der Waals surface area contributed by atoms with Crippen molar-refractivity contribution in [2.24, 2.45) is 5.92 Å². The van der Waals surface area contributed by atoms with Gasteiger partial charge < -0.3 is 10.6 Å². The van der Waals surface area contributed by atoms with Crippen molar-refractivity contribution in [2.75, 3.05) is 18.8 Å². The highest BCUT2D eigenvalue weighted by Gasteiger charge is 2.23. The average Bonchev–Trinajstić information content (AvgIpc) is 2.32. The topological polar surface area (TPSA) is 46.3 Å². The lowest BCUT2D eigenvalue weighted by atomic mass is 9.99. The van der Waals surface area contributed by atoms with E-state index in [9.17, 15) is 4.79 Å². The van der Waals surface area contributed by atoms with Crippen molar-refractivity contribution in [1.29, 1.82) is 0 Å². The van der Waals surface area contributed by atoms with Crippen molar-refractivity contribution in [2.45, 2.75) is 26.7 Å². The second-order valence-corrected chi connectivity index (χ2v) is 5.03. The molecule has 1 unspecified atom stereocenters. The van der Waals surface area contributed by atoms with Gasteiger partial charge in [0.2, 0.25) is 0 Å². The Balaban J connectivity index is 2.22. The molecule has 1 aliphatic heterocycles. The molecule has 1 aliphatic rings. The van der Waals surface area contributed by atoms with Crippen LogP contribution in [0.15, 0.2) is 18.2 Å². The normalized spacial score (nSPS) is 20.4. The Labute approximate surface area is 103 Å². The second-order valence-electron chi connectivity index (χ2n) is 5.03. The minimum atomic E-state index is 0.0813. The van der Waals surface area contributed by atoms with Crippen LogP contribution in [0.2, 0.25) is 0 Å². The summed E-state index contributed by atoms with van der Waals surface area (Å²) in [5.74, 6) is 0.677. The molecule has 1 aromatic carbocycles. The molecule has 2 rings (SSSR count). The fraction of sp³-hybridized carbons (Fsp3) is 0.500. The van der Waals surface area contributed by atoms with E-state index in [2.05, 4.69) is 6.92 Å². The van der Waals surface area contributed by atoms with Gasteiger partial charge in [0, 0.05) is 18.8 Å². The van der Waals surface area contributed by atoms with Crippen LogP contribution < -0.4 is 5.73 Å². The van der Waals surface area contributed by atoms with Crippen molar-refractivity contribution in [3.8, 4) is 0 Å². The molecule has 3 nitrogen and oxygen atoms in total. The molecule has 1 heterocycles. The van der Waals surface area contributed by atoms with Gasteiger partial charge in [-0.2, -0.15) is 0 Å². The highest BCUT2D eigenvalue weighted by atomic mass is 16.2. The van der Waals surface area contributed by atoms with E-state index >= 15 is 0 Å². The monoisotopic (exact) mass is 232 g/mol. The molecule has 0 radical (unpaired) electrons. The number of hydrogen-bond donors (Lipinski definition) is 1. The van der Waals surface area contributed by atoms with Crippen molar-refractivity contribution < 1.29 is 4.79 Å². The van der Waals surface area contributed by atoms with Crippen molar-refractivity contribution in [3.63, 3.8) is 0 Å². The number of nitrogens with zero attached hydrogens (tertiary/aromatic N) is 1. The number of rotatable bonds is 1. The van der Waals surface area contributed by atoms with E-state index < -0.39 is 0 Å². The summed E-state index contributed by atoms with van der Waals surface area (Å²) in [5, 5.41) is 0. The summed E-state index contributed by atoms with van der Waals surface area (Å²) in [6.07, 6.45) is 2.31. The van der Waals surface area contributed by atoms with E-state index in [1.165, 1.54) is 6.42 Å². The lowest BCUT2D eigenvalue weighted by Gasteiger charge is -2.31. The van der Waals surface area contributed by atoms with Crippen LogP contribution in [-0.2, 0) is 0 Å². The zero-order valence-electron chi connectivity index (χ0n) is 10.6. The number of nitrogens with two attached hydrogens (primary N) is 1. The first-order valence-electron chi connectivity index (χ1n) is 6.24.